The summed E-state index contributed by atoms with van der Waals surface area (Å²) in [6.07, 6.45) is 0.513. The van der Waals surface area contributed by atoms with Crippen molar-refractivity contribution in [3.8, 4) is 0 Å². The standard InChI is InChI=1S/C31H41ClN4O5/c1-7-20-11-13-21(14-12-20)27(28(38)35-26-18(2)9-8-10-22(26)32)36(24-17-19(24)3)29(39)23(15-16-25(33)37)34-30(40)41-31(4,5)6/h8-14,19,23-24,27H,7,15-17H2,1-6H3,(H2,33,37)(H,34,40)(H,35,38). The number of para-hydroxylation sites is 1. The number of carbonyl (C=O) groups excluding carboxylic acids is 4. The van der Waals surface area contributed by atoms with Gasteiger partial charge >= 0.3 is 6.09 Å². The Bertz CT molecular complexity index is 1250. The maximum absolute atomic E-state index is 14.3. The number of nitrogens with one attached hydrogen (secondary N) is 2. The molecular formula is C31H41ClN4O5. The Morgan fingerprint density at radius 2 is 1.76 bits per heavy atom. The molecule has 0 bridgehead atoms. The lowest BCUT2D eigenvalue weighted by Gasteiger charge is -2.35. The number of hydrogen-bond acceptors (Lipinski definition) is 5. The molecule has 3 rings (SSSR count). The summed E-state index contributed by atoms with van der Waals surface area (Å²) in [6, 6.07) is 10.4. The lowest BCUT2D eigenvalue weighted by Crippen LogP contribution is -2.53. The van der Waals surface area contributed by atoms with Gasteiger partial charge in [0.1, 0.15) is 17.7 Å². The Hall–Kier alpha value is -3.59. The number of anilines is 1. The number of alkyl carbamates (subject to hydrolysis) is 1. The minimum atomic E-state index is -1.14. The Balaban J connectivity index is 2.06. The smallest absolute Gasteiger partial charge is 0.408 e. The lowest BCUT2D eigenvalue weighted by molar-refractivity contribution is -0.142. The second kappa shape index (κ2) is 13.4. The molecule has 1 aliphatic rings. The molecule has 9 nitrogen and oxygen atoms in total. The molecule has 2 aromatic carbocycles. The zero-order chi connectivity index (χ0) is 30.5. The van der Waals surface area contributed by atoms with Crippen LogP contribution in [0.2, 0.25) is 5.02 Å². The summed E-state index contributed by atoms with van der Waals surface area (Å²) in [5.41, 5.74) is 7.53. The summed E-state index contributed by atoms with van der Waals surface area (Å²) in [7, 11) is 0. The molecule has 1 fully saturated rings. The van der Waals surface area contributed by atoms with E-state index in [1.165, 1.54) is 4.90 Å². The van der Waals surface area contributed by atoms with E-state index in [0.29, 0.717) is 22.7 Å². The second-order valence-corrected chi connectivity index (χ2v) is 12.1. The molecule has 4 unspecified atom stereocenters. The van der Waals surface area contributed by atoms with E-state index < -0.39 is 41.5 Å². The van der Waals surface area contributed by atoms with E-state index in [1.807, 2.05) is 51.1 Å². The van der Waals surface area contributed by atoms with E-state index in [0.717, 1.165) is 17.5 Å². The van der Waals surface area contributed by atoms with Gasteiger partial charge in [-0.1, -0.05) is 61.8 Å². The van der Waals surface area contributed by atoms with Crippen molar-refractivity contribution >= 4 is 41.1 Å². The van der Waals surface area contributed by atoms with E-state index >= 15 is 0 Å². The predicted octanol–water partition coefficient (Wildman–Crippen LogP) is 5.29. The number of carbonyl (C=O) groups is 4. The minimum absolute atomic E-state index is 0.0439. The van der Waals surface area contributed by atoms with Gasteiger partial charge in [0.2, 0.25) is 11.8 Å². The number of primary amides is 1. The van der Waals surface area contributed by atoms with E-state index in [-0.39, 0.29) is 24.8 Å². The van der Waals surface area contributed by atoms with Gasteiger partial charge in [-0.2, -0.15) is 0 Å². The third-order valence-electron chi connectivity index (χ3n) is 7.05. The molecule has 0 saturated heterocycles. The topological polar surface area (TPSA) is 131 Å². The fraction of sp³-hybridized carbons (Fsp3) is 0.484. The monoisotopic (exact) mass is 584 g/mol. The van der Waals surface area contributed by atoms with Crippen LogP contribution in [0.1, 0.15) is 76.6 Å². The fourth-order valence-corrected chi connectivity index (χ4v) is 4.97. The highest BCUT2D eigenvalue weighted by Crippen LogP contribution is 2.41. The Labute approximate surface area is 247 Å². The highest BCUT2D eigenvalue weighted by molar-refractivity contribution is 6.34. The van der Waals surface area contributed by atoms with Crippen LogP contribution in [0.5, 0.6) is 0 Å². The molecule has 4 amide bonds. The molecule has 1 aliphatic carbocycles. The Kier molecular flexibility index (Phi) is 10.4. The number of halogens is 1. The molecule has 0 heterocycles. The normalized spacial score (nSPS) is 17.6. The summed E-state index contributed by atoms with van der Waals surface area (Å²) in [6.45, 7) is 11.0. The van der Waals surface area contributed by atoms with Gasteiger partial charge in [0, 0.05) is 12.5 Å². The summed E-state index contributed by atoms with van der Waals surface area (Å²) >= 11 is 6.43. The highest BCUT2D eigenvalue weighted by atomic mass is 35.5. The summed E-state index contributed by atoms with van der Waals surface area (Å²) in [5.74, 6) is -1.42. The van der Waals surface area contributed by atoms with Crippen molar-refractivity contribution in [1.29, 1.82) is 0 Å². The average molecular weight is 585 g/mol. The van der Waals surface area contributed by atoms with Crippen molar-refractivity contribution in [3.05, 3.63) is 64.2 Å². The molecule has 1 saturated carbocycles. The molecule has 222 valence electrons. The van der Waals surface area contributed by atoms with Crippen molar-refractivity contribution in [2.24, 2.45) is 11.7 Å². The first-order valence-electron chi connectivity index (χ1n) is 14.0. The number of nitrogens with two attached hydrogens (primary N) is 1. The van der Waals surface area contributed by atoms with Gasteiger partial charge in [0.15, 0.2) is 0 Å². The molecule has 4 N–H and O–H groups in total. The number of amides is 4. The number of rotatable bonds is 11. The number of nitrogens with zero attached hydrogens (tertiary/aromatic N) is 1. The van der Waals surface area contributed by atoms with Crippen LogP contribution in [0.25, 0.3) is 0 Å². The van der Waals surface area contributed by atoms with Crippen molar-refractivity contribution < 1.29 is 23.9 Å². The van der Waals surface area contributed by atoms with Crippen LogP contribution in [0.15, 0.2) is 42.5 Å². The van der Waals surface area contributed by atoms with Crippen molar-refractivity contribution in [2.75, 3.05) is 5.32 Å². The van der Waals surface area contributed by atoms with Gasteiger partial charge in [-0.15, -0.1) is 0 Å². The lowest BCUT2D eigenvalue weighted by atomic mass is 9.99. The predicted molar refractivity (Wildman–Crippen MR) is 159 cm³/mol. The Morgan fingerprint density at radius 1 is 1.12 bits per heavy atom. The second-order valence-electron chi connectivity index (χ2n) is 11.6. The molecule has 2 aromatic rings. The highest BCUT2D eigenvalue weighted by Gasteiger charge is 2.48. The van der Waals surface area contributed by atoms with Crippen molar-refractivity contribution in [2.45, 2.75) is 91.0 Å². The quantitative estimate of drug-likeness (QED) is 0.330. The summed E-state index contributed by atoms with van der Waals surface area (Å²) < 4.78 is 5.39. The largest absolute Gasteiger partial charge is 0.444 e. The van der Waals surface area contributed by atoms with E-state index in [1.54, 1.807) is 32.9 Å². The van der Waals surface area contributed by atoms with Crippen LogP contribution in [0.3, 0.4) is 0 Å². The van der Waals surface area contributed by atoms with Gasteiger partial charge in [-0.3, -0.25) is 14.4 Å². The van der Waals surface area contributed by atoms with Crippen molar-refractivity contribution in [3.63, 3.8) is 0 Å². The molecule has 0 spiro atoms. The SMILES string of the molecule is CCc1ccc(C(C(=O)Nc2c(C)cccc2Cl)N(C(=O)C(CCC(N)=O)NC(=O)OC(C)(C)C)C2CC2C)cc1. The van der Waals surface area contributed by atoms with Crippen LogP contribution in [-0.2, 0) is 25.5 Å². The van der Waals surface area contributed by atoms with E-state index in [4.69, 9.17) is 22.1 Å². The average Bonchev–Trinajstić information content (AvgIpc) is 3.61. The van der Waals surface area contributed by atoms with Gasteiger partial charge in [-0.05, 0) is 75.6 Å². The van der Waals surface area contributed by atoms with Crippen LogP contribution in [-0.4, -0.2) is 46.4 Å². The van der Waals surface area contributed by atoms with Gasteiger partial charge < -0.3 is 26.0 Å². The van der Waals surface area contributed by atoms with Crippen molar-refractivity contribution in [1.82, 2.24) is 10.2 Å². The van der Waals surface area contributed by atoms with Crippen LogP contribution in [0.4, 0.5) is 10.5 Å². The molecule has 0 aromatic heterocycles. The number of ether oxygens (including phenoxy) is 1. The van der Waals surface area contributed by atoms with E-state index in [9.17, 15) is 19.2 Å². The molecule has 4 atom stereocenters. The summed E-state index contributed by atoms with van der Waals surface area (Å²) in [5, 5.41) is 5.95. The Morgan fingerprint density at radius 3 is 2.27 bits per heavy atom. The first-order chi connectivity index (χ1) is 19.2. The van der Waals surface area contributed by atoms with Crippen LogP contribution >= 0.6 is 11.6 Å². The number of aryl methyl sites for hydroxylation is 2. The van der Waals surface area contributed by atoms with E-state index in [2.05, 4.69) is 10.6 Å². The number of hydrogen-bond donors (Lipinski definition) is 3. The van der Waals surface area contributed by atoms with Crippen LogP contribution < -0.4 is 16.4 Å². The molecule has 10 heteroatoms. The molecule has 0 aliphatic heterocycles. The molecule has 41 heavy (non-hydrogen) atoms. The maximum atomic E-state index is 14.3. The third-order valence-corrected chi connectivity index (χ3v) is 7.36. The first-order valence-corrected chi connectivity index (χ1v) is 14.3. The fourth-order valence-electron chi connectivity index (χ4n) is 4.70. The third kappa shape index (κ3) is 8.70. The first kappa shape index (κ1) is 31.9. The zero-order valence-electron chi connectivity index (χ0n) is 24.6. The molecule has 0 radical (unpaired) electrons. The molecular weight excluding hydrogens is 544 g/mol. The minimum Gasteiger partial charge on any atom is -0.444 e. The summed E-state index contributed by atoms with van der Waals surface area (Å²) in [4.78, 5) is 54.4. The number of benzene rings is 2. The van der Waals surface area contributed by atoms with Gasteiger partial charge in [0.25, 0.3) is 5.91 Å². The maximum Gasteiger partial charge on any atom is 0.408 e. The zero-order valence-corrected chi connectivity index (χ0v) is 25.4. The van der Waals surface area contributed by atoms with Gasteiger partial charge in [-0.25, -0.2) is 4.79 Å². The van der Waals surface area contributed by atoms with Gasteiger partial charge in [0.05, 0.1) is 10.7 Å². The van der Waals surface area contributed by atoms with Crippen LogP contribution in [0, 0.1) is 12.8 Å².